The normalized spacial score (nSPS) is 10.7. The third-order valence-corrected chi connectivity index (χ3v) is 6.83. The van der Waals surface area contributed by atoms with Gasteiger partial charge in [-0.15, -0.1) is 24.8 Å². The molecule has 0 radical (unpaired) electrons. The zero-order valence-electron chi connectivity index (χ0n) is 21.1. The summed E-state index contributed by atoms with van der Waals surface area (Å²) in [6, 6.07) is 14.3. The first-order valence-electron chi connectivity index (χ1n) is 11.8. The molecule has 9 heteroatoms. The molecule has 0 aliphatic rings. The summed E-state index contributed by atoms with van der Waals surface area (Å²) in [6.45, 7) is 17.2. The largest absolute Gasteiger partial charge is 0.412 e. The minimum absolute atomic E-state index is 0. The average Bonchev–Trinajstić information content (AvgIpc) is 3.17. The van der Waals surface area contributed by atoms with E-state index in [0.717, 1.165) is 73.4 Å². The van der Waals surface area contributed by atoms with Gasteiger partial charge in [-0.25, -0.2) is 0 Å². The van der Waals surface area contributed by atoms with Crippen LogP contribution in [-0.4, -0.2) is 72.3 Å². The molecule has 0 amide bonds. The highest BCUT2D eigenvalue weighted by Gasteiger charge is 2.17. The second kappa shape index (κ2) is 16.5. The van der Waals surface area contributed by atoms with Crippen LogP contribution in [-0.2, 0) is 0 Å². The van der Waals surface area contributed by atoms with Crippen molar-refractivity contribution < 1.29 is 5.48 Å². The Hall–Kier alpha value is -1.18. The van der Waals surface area contributed by atoms with Gasteiger partial charge in [0.15, 0.2) is 0 Å². The lowest BCUT2D eigenvalue weighted by Crippen LogP contribution is -2.45. The summed E-state index contributed by atoms with van der Waals surface area (Å²) in [5.41, 5.74) is 3.50. The Morgan fingerprint density at radius 1 is 0.686 bits per heavy atom. The van der Waals surface area contributed by atoms with E-state index in [0.29, 0.717) is 0 Å². The molecule has 35 heavy (non-hydrogen) atoms. The maximum Gasteiger partial charge on any atom is 0.0702 e. The molecule has 198 valence electrons. The van der Waals surface area contributed by atoms with E-state index in [-0.39, 0.29) is 30.3 Å². The maximum absolute atomic E-state index is 6.42. The molecule has 0 spiro atoms. The number of aromatic nitrogens is 1. The van der Waals surface area contributed by atoms with Crippen LogP contribution in [0.4, 0.5) is 0 Å². The van der Waals surface area contributed by atoms with Crippen molar-refractivity contribution in [3.05, 3.63) is 58.7 Å². The molecule has 0 bridgehead atoms. The van der Waals surface area contributed by atoms with Gasteiger partial charge in [-0.1, -0.05) is 63.0 Å². The van der Waals surface area contributed by atoms with Gasteiger partial charge in [0.05, 0.1) is 5.52 Å². The summed E-state index contributed by atoms with van der Waals surface area (Å²) in [5, 5.41) is 5.14. The molecule has 0 aliphatic carbocycles. The van der Waals surface area contributed by atoms with E-state index in [4.69, 9.17) is 23.2 Å². The van der Waals surface area contributed by atoms with Crippen LogP contribution in [0.1, 0.15) is 27.7 Å². The van der Waals surface area contributed by atoms with Gasteiger partial charge in [-0.05, 0) is 62.1 Å². The third-order valence-electron chi connectivity index (χ3n) is 6.34. The minimum atomic E-state index is 0. The molecule has 3 aromatic rings. The molecular weight excluding hydrogens is 526 g/mol. The lowest BCUT2D eigenvalue weighted by molar-refractivity contribution is 0.282. The molecule has 0 atom stereocenters. The predicted molar refractivity (Wildman–Crippen MR) is 159 cm³/mol. The van der Waals surface area contributed by atoms with Crippen LogP contribution in [0.25, 0.3) is 22.0 Å². The molecule has 3 rings (SSSR count). The Balaban J connectivity index is 0.00000385. The topological polar surface area (TPSA) is 46.1 Å². The van der Waals surface area contributed by atoms with Crippen LogP contribution >= 0.6 is 48.0 Å². The van der Waals surface area contributed by atoms with Crippen LogP contribution in [0.2, 0.25) is 10.0 Å². The summed E-state index contributed by atoms with van der Waals surface area (Å²) < 4.78 is 2.34. The summed E-state index contributed by atoms with van der Waals surface area (Å²) in [4.78, 5) is 4.96. The van der Waals surface area contributed by atoms with Gasteiger partial charge < -0.3 is 20.3 Å². The predicted octanol–water partition coefficient (Wildman–Crippen LogP) is 6.26. The lowest BCUT2D eigenvalue weighted by atomic mass is 10.1. The van der Waals surface area contributed by atoms with Gasteiger partial charge in [-0.3, -0.25) is 4.68 Å². The second-order valence-electron chi connectivity index (χ2n) is 8.06. The zero-order valence-corrected chi connectivity index (χ0v) is 24.3. The number of rotatable bonds is 12. The van der Waals surface area contributed by atoms with E-state index in [2.05, 4.69) is 77.6 Å². The number of hydrogen-bond acceptors (Lipinski definition) is 3. The summed E-state index contributed by atoms with van der Waals surface area (Å²) in [5.74, 6) is 0. The van der Waals surface area contributed by atoms with Crippen LogP contribution in [0.15, 0.2) is 48.7 Å². The average molecular weight is 566 g/mol. The van der Waals surface area contributed by atoms with Crippen molar-refractivity contribution in [1.29, 1.82) is 0 Å². The fourth-order valence-electron chi connectivity index (χ4n) is 4.20. The van der Waals surface area contributed by atoms with Gasteiger partial charge in [0.1, 0.15) is 0 Å². The molecule has 1 aromatic heterocycles. The Morgan fingerprint density at radius 3 is 1.66 bits per heavy atom. The van der Waals surface area contributed by atoms with Crippen LogP contribution < -0.4 is 5.01 Å². The number of likely N-dealkylation sites (N-methyl/N-ethyl adjacent to an activating group) is 2. The molecule has 0 saturated carbocycles. The second-order valence-corrected chi connectivity index (χ2v) is 8.94. The molecule has 0 aliphatic heterocycles. The molecule has 0 fully saturated rings. The summed E-state index contributed by atoms with van der Waals surface area (Å²) >= 11 is 12.6. The van der Waals surface area contributed by atoms with Gasteiger partial charge in [0.25, 0.3) is 0 Å². The fraction of sp³-hybridized carbons (Fsp3) is 0.462. The van der Waals surface area contributed by atoms with E-state index in [1.165, 1.54) is 11.1 Å². The first-order chi connectivity index (χ1) is 15.5. The van der Waals surface area contributed by atoms with Crippen molar-refractivity contribution in [1.82, 2.24) is 14.5 Å². The molecule has 5 nitrogen and oxygen atoms in total. The van der Waals surface area contributed by atoms with E-state index in [1.807, 2.05) is 18.2 Å². The highest BCUT2D eigenvalue weighted by atomic mass is 35.5. The number of nitrogens with zero attached hydrogens (tertiary/aromatic N) is 4. The van der Waals surface area contributed by atoms with Crippen molar-refractivity contribution in [2.45, 2.75) is 27.7 Å². The third kappa shape index (κ3) is 8.71. The van der Waals surface area contributed by atoms with Crippen molar-refractivity contribution in [2.24, 2.45) is 0 Å². The lowest BCUT2D eigenvalue weighted by Gasteiger charge is -2.31. The number of hydrogen-bond donors (Lipinski definition) is 0. The van der Waals surface area contributed by atoms with Gasteiger partial charge in [-0.2, -0.15) is 0 Å². The molecular formula is C26H40Cl4N4O. The monoisotopic (exact) mass is 564 g/mol. The highest BCUT2D eigenvalue weighted by Crippen LogP contribution is 2.33. The standard InChI is InChI=1S/C26H36Cl2N4.2ClH.H2O/c1-5-29(6-2)15-17-31(18-16-30(7-3)8-4)32-20-25(21-9-11-22(27)12-10-21)24-19-23(28)13-14-26(24)32;;;/h9-14,19-20H,5-8,15-18H2,1-4H3;2*1H;1H2. The fourth-order valence-corrected chi connectivity index (χ4v) is 4.50. The van der Waals surface area contributed by atoms with Gasteiger partial charge in [0.2, 0.25) is 0 Å². The van der Waals surface area contributed by atoms with E-state index >= 15 is 0 Å². The Bertz CT molecular complexity index is 973. The minimum Gasteiger partial charge on any atom is -0.412 e. The van der Waals surface area contributed by atoms with E-state index in [9.17, 15) is 0 Å². The Morgan fingerprint density at radius 2 is 1.17 bits per heavy atom. The van der Waals surface area contributed by atoms with E-state index in [1.54, 1.807) is 0 Å². The molecule has 2 N–H and O–H groups in total. The Kier molecular flexibility index (Phi) is 16.0. The smallest absolute Gasteiger partial charge is 0.0702 e. The van der Waals surface area contributed by atoms with E-state index < -0.39 is 0 Å². The van der Waals surface area contributed by atoms with Gasteiger partial charge in [0, 0.05) is 53.4 Å². The molecule has 1 heterocycles. The molecule has 0 unspecified atom stereocenters. The number of fused-ring (bicyclic) bond motifs is 1. The highest BCUT2D eigenvalue weighted by molar-refractivity contribution is 6.31. The van der Waals surface area contributed by atoms with Crippen molar-refractivity contribution >= 4 is 58.9 Å². The number of halogens is 4. The Labute approximate surface area is 233 Å². The van der Waals surface area contributed by atoms with Gasteiger partial charge >= 0.3 is 0 Å². The SMILES string of the molecule is CCN(CC)CCN(CCN(CC)CC)n1cc(-c2ccc(Cl)cc2)c2cc(Cl)ccc21.Cl.Cl.O. The van der Waals surface area contributed by atoms with Crippen molar-refractivity contribution in [3.8, 4) is 11.1 Å². The van der Waals surface area contributed by atoms with Crippen LogP contribution in [0.3, 0.4) is 0 Å². The summed E-state index contributed by atoms with van der Waals surface area (Å²) in [7, 11) is 0. The quantitative estimate of drug-likeness (QED) is 0.260. The van der Waals surface area contributed by atoms with Crippen molar-refractivity contribution in [3.63, 3.8) is 0 Å². The first-order valence-corrected chi connectivity index (χ1v) is 12.5. The summed E-state index contributed by atoms with van der Waals surface area (Å²) in [6.07, 6.45) is 2.26. The molecule has 0 saturated heterocycles. The maximum atomic E-state index is 6.42. The van der Waals surface area contributed by atoms with Crippen LogP contribution in [0.5, 0.6) is 0 Å². The zero-order chi connectivity index (χ0) is 23.1. The molecule has 2 aromatic carbocycles. The van der Waals surface area contributed by atoms with Crippen molar-refractivity contribution in [2.75, 3.05) is 57.4 Å². The number of benzene rings is 2. The first kappa shape index (κ1) is 33.8. The van der Waals surface area contributed by atoms with Crippen LogP contribution in [0, 0.1) is 0 Å².